The number of ether oxygens (including phenoxy) is 1. The number of benzene rings is 1. The maximum Gasteiger partial charge on any atom is 0.247 e. The van der Waals surface area contributed by atoms with Crippen LogP contribution in [0.2, 0.25) is 0 Å². The summed E-state index contributed by atoms with van der Waals surface area (Å²) in [6.45, 7) is 3.81. The lowest BCUT2D eigenvalue weighted by Crippen LogP contribution is -2.42. The quantitative estimate of drug-likeness (QED) is 0.920. The maximum absolute atomic E-state index is 12.9. The molecule has 0 saturated carbocycles. The lowest BCUT2D eigenvalue weighted by Gasteiger charge is -2.32. The Labute approximate surface area is 131 Å². The van der Waals surface area contributed by atoms with Gasteiger partial charge < -0.3 is 10.1 Å². The van der Waals surface area contributed by atoms with Gasteiger partial charge in [0.05, 0.1) is 7.11 Å². The number of rotatable bonds is 4. The number of hydrogen-bond acceptors (Lipinski definition) is 4. The van der Waals surface area contributed by atoms with Crippen molar-refractivity contribution < 1.29 is 17.9 Å². The van der Waals surface area contributed by atoms with E-state index in [9.17, 15) is 13.2 Å². The van der Waals surface area contributed by atoms with Crippen molar-refractivity contribution in [2.45, 2.75) is 44.0 Å². The number of nitrogens with zero attached hydrogens (tertiary/aromatic N) is 1. The summed E-state index contributed by atoms with van der Waals surface area (Å²) in [6, 6.07) is 4.61. The molecule has 0 aliphatic carbocycles. The summed E-state index contributed by atoms with van der Waals surface area (Å²) in [5, 5.41) is 2.61. The van der Waals surface area contributed by atoms with E-state index in [1.54, 1.807) is 12.1 Å². The lowest BCUT2D eigenvalue weighted by atomic mass is 10.1. The Bertz CT molecular complexity index is 658. The fourth-order valence-electron chi connectivity index (χ4n) is 2.71. The second-order valence-corrected chi connectivity index (χ2v) is 7.37. The first-order valence-electron chi connectivity index (χ1n) is 7.33. The average Bonchev–Trinajstić information content (AvgIpc) is 2.47. The minimum absolute atomic E-state index is 0.0344. The van der Waals surface area contributed by atoms with Crippen LogP contribution < -0.4 is 10.1 Å². The minimum atomic E-state index is -3.66. The number of nitrogens with one attached hydrogen (secondary N) is 1. The number of hydrogen-bond donors (Lipinski definition) is 1. The third-order valence-electron chi connectivity index (χ3n) is 3.81. The molecule has 0 aromatic heterocycles. The van der Waals surface area contributed by atoms with Crippen LogP contribution in [0.3, 0.4) is 0 Å². The van der Waals surface area contributed by atoms with E-state index in [0.29, 0.717) is 12.2 Å². The predicted molar refractivity (Wildman–Crippen MR) is 84.5 cm³/mol. The van der Waals surface area contributed by atoms with Gasteiger partial charge in [-0.1, -0.05) is 6.42 Å². The van der Waals surface area contributed by atoms with Crippen molar-refractivity contribution in [3.8, 4) is 5.75 Å². The molecule has 1 aliphatic heterocycles. The van der Waals surface area contributed by atoms with Crippen LogP contribution in [-0.2, 0) is 14.8 Å². The van der Waals surface area contributed by atoms with Gasteiger partial charge in [-0.2, -0.15) is 4.31 Å². The van der Waals surface area contributed by atoms with Crippen LogP contribution in [-0.4, -0.2) is 38.3 Å². The van der Waals surface area contributed by atoms with Crippen molar-refractivity contribution in [1.82, 2.24) is 4.31 Å². The molecule has 0 radical (unpaired) electrons. The third kappa shape index (κ3) is 3.41. The molecule has 0 bridgehead atoms. The molecule has 1 fully saturated rings. The molecule has 1 heterocycles. The summed E-state index contributed by atoms with van der Waals surface area (Å²) in [5.41, 5.74) is 0.441. The first kappa shape index (κ1) is 16.8. The fraction of sp³-hybridized carbons (Fsp3) is 0.533. The topological polar surface area (TPSA) is 75.7 Å². The highest BCUT2D eigenvalue weighted by Crippen LogP contribution is 2.32. The Hall–Kier alpha value is -1.60. The van der Waals surface area contributed by atoms with E-state index < -0.39 is 10.0 Å². The smallest absolute Gasteiger partial charge is 0.247 e. The summed E-state index contributed by atoms with van der Waals surface area (Å²) >= 11 is 0. The first-order valence-corrected chi connectivity index (χ1v) is 8.77. The highest BCUT2D eigenvalue weighted by Gasteiger charge is 2.33. The van der Waals surface area contributed by atoms with Crippen LogP contribution in [0.15, 0.2) is 23.1 Å². The molecule has 1 aromatic carbocycles. The monoisotopic (exact) mass is 326 g/mol. The van der Waals surface area contributed by atoms with Gasteiger partial charge in [0.15, 0.2) is 0 Å². The number of anilines is 1. The molecule has 7 heteroatoms. The zero-order valence-corrected chi connectivity index (χ0v) is 13.9. The molecule has 22 heavy (non-hydrogen) atoms. The first-order chi connectivity index (χ1) is 10.4. The largest absolute Gasteiger partial charge is 0.495 e. The van der Waals surface area contributed by atoms with E-state index in [2.05, 4.69) is 5.32 Å². The van der Waals surface area contributed by atoms with Crippen molar-refractivity contribution in [2.24, 2.45) is 0 Å². The van der Waals surface area contributed by atoms with E-state index in [4.69, 9.17) is 4.74 Å². The van der Waals surface area contributed by atoms with Crippen molar-refractivity contribution >= 4 is 21.6 Å². The van der Waals surface area contributed by atoms with Gasteiger partial charge in [0, 0.05) is 25.2 Å². The summed E-state index contributed by atoms with van der Waals surface area (Å²) < 4.78 is 32.6. The molecule has 6 nitrogen and oxygen atoms in total. The molecule has 1 aliphatic rings. The third-order valence-corrected chi connectivity index (χ3v) is 5.85. The minimum Gasteiger partial charge on any atom is -0.495 e. The number of methoxy groups -OCH3 is 1. The Morgan fingerprint density at radius 1 is 1.36 bits per heavy atom. The molecular formula is C15H22N2O4S. The number of carbonyl (C=O) groups excluding carboxylic acids is 1. The van der Waals surface area contributed by atoms with E-state index in [1.165, 1.54) is 24.4 Å². The highest BCUT2D eigenvalue weighted by molar-refractivity contribution is 7.89. The molecular weight excluding hydrogens is 304 g/mol. The summed E-state index contributed by atoms with van der Waals surface area (Å²) in [4.78, 5) is 11.3. The summed E-state index contributed by atoms with van der Waals surface area (Å²) in [7, 11) is -2.22. The van der Waals surface area contributed by atoms with Crippen molar-refractivity contribution in [1.29, 1.82) is 0 Å². The number of amides is 1. The van der Waals surface area contributed by atoms with Gasteiger partial charge in [-0.3, -0.25) is 4.79 Å². The van der Waals surface area contributed by atoms with Gasteiger partial charge in [-0.25, -0.2) is 8.42 Å². The second kappa shape index (κ2) is 6.66. The SMILES string of the molecule is COc1ccc(NC(C)=O)cc1S(=O)(=O)N1CCCCC1C. The molecule has 1 amide bonds. The molecule has 1 saturated heterocycles. The zero-order valence-electron chi connectivity index (χ0n) is 13.1. The van der Waals surface area contributed by atoms with Crippen LogP contribution in [0.5, 0.6) is 5.75 Å². The molecule has 1 aromatic rings. The predicted octanol–water partition coefficient (Wildman–Crippen LogP) is 2.22. The van der Waals surface area contributed by atoms with Crippen molar-refractivity contribution in [3.63, 3.8) is 0 Å². The van der Waals surface area contributed by atoms with Crippen LogP contribution >= 0.6 is 0 Å². The number of piperidine rings is 1. The Kier molecular flexibility index (Phi) is 5.08. The highest BCUT2D eigenvalue weighted by atomic mass is 32.2. The Morgan fingerprint density at radius 2 is 2.09 bits per heavy atom. The lowest BCUT2D eigenvalue weighted by molar-refractivity contribution is -0.114. The Balaban J connectivity index is 2.45. The molecule has 1 atom stereocenters. The van der Waals surface area contributed by atoms with Gasteiger partial charge in [0.25, 0.3) is 0 Å². The second-order valence-electron chi connectivity index (χ2n) is 5.51. The van der Waals surface area contributed by atoms with Gasteiger partial charge in [0.1, 0.15) is 10.6 Å². The molecule has 1 N–H and O–H groups in total. The molecule has 0 spiro atoms. The summed E-state index contributed by atoms with van der Waals surface area (Å²) in [5.74, 6) is 0.0340. The number of sulfonamides is 1. The van der Waals surface area contributed by atoms with E-state index in [0.717, 1.165) is 19.3 Å². The standard InChI is InChI=1S/C15H22N2O4S/c1-11-6-4-5-9-17(11)22(19,20)15-10-13(16-12(2)18)7-8-14(15)21-3/h7-8,10-11H,4-6,9H2,1-3H3,(H,16,18). The van der Waals surface area contributed by atoms with Gasteiger partial charge >= 0.3 is 0 Å². The normalized spacial score (nSPS) is 19.7. The fourth-order valence-corrected chi connectivity index (χ4v) is 4.60. The Morgan fingerprint density at radius 3 is 2.68 bits per heavy atom. The van der Waals surface area contributed by atoms with Crippen LogP contribution in [0.4, 0.5) is 5.69 Å². The van der Waals surface area contributed by atoms with Gasteiger partial charge in [-0.05, 0) is 38.0 Å². The van der Waals surface area contributed by atoms with Crippen molar-refractivity contribution in [2.75, 3.05) is 19.0 Å². The average molecular weight is 326 g/mol. The molecule has 1 unspecified atom stereocenters. The molecule has 122 valence electrons. The zero-order chi connectivity index (χ0) is 16.3. The maximum atomic E-state index is 12.9. The van der Waals surface area contributed by atoms with Crippen LogP contribution in [0.25, 0.3) is 0 Å². The van der Waals surface area contributed by atoms with E-state index in [1.807, 2.05) is 6.92 Å². The number of carbonyl (C=O) groups is 1. The van der Waals surface area contributed by atoms with Crippen LogP contribution in [0, 0.1) is 0 Å². The molecule has 2 rings (SSSR count). The van der Waals surface area contributed by atoms with Crippen LogP contribution in [0.1, 0.15) is 33.1 Å². The van der Waals surface area contributed by atoms with E-state index in [-0.39, 0.29) is 22.6 Å². The summed E-state index contributed by atoms with van der Waals surface area (Å²) in [6.07, 6.45) is 2.75. The van der Waals surface area contributed by atoms with Crippen molar-refractivity contribution in [3.05, 3.63) is 18.2 Å². The van der Waals surface area contributed by atoms with Gasteiger partial charge in [0.2, 0.25) is 15.9 Å². The van der Waals surface area contributed by atoms with E-state index >= 15 is 0 Å². The van der Waals surface area contributed by atoms with Gasteiger partial charge in [-0.15, -0.1) is 0 Å².